The standard InChI is InChI=1S/C43H48ClF3N6O7/c1-3-14-50(27(2)54)21-22-59-41(57)30-8-10-32(11-9-30)51-17-19-52(20-18-51)40(56)37(25-28-23-34(43(45,46)47)38(48)35(44)24-28)60-42(58)53-15-12-29(13-16-53)33-26-31-6-4-5-7-36(31)49-39(33)55/h4-11,23-24,26,29,37H,3,12-22,25,48H2,1-2H3,(H,49,55)/t37-/m1/s1. The number of carbonyl (C=O) groups excluding carboxylic acids is 4. The van der Waals surface area contributed by atoms with Gasteiger partial charge in [-0.15, -0.1) is 0 Å². The first kappa shape index (κ1) is 43.8. The van der Waals surface area contributed by atoms with Crippen molar-refractivity contribution in [1.82, 2.24) is 19.7 Å². The van der Waals surface area contributed by atoms with E-state index in [0.29, 0.717) is 50.1 Å². The van der Waals surface area contributed by atoms with Crippen LogP contribution in [0.5, 0.6) is 0 Å². The number of likely N-dealkylation sites (tertiary alicyclic amines) is 1. The molecular weight excluding hydrogens is 805 g/mol. The van der Waals surface area contributed by atoms with Crippen molar-refractivity contribution in [2.24, 2.45) is 0 Å². The monoisotopic (exact) mass is 852 g/mol. The molecule has 17 heteroatoms. The van der Waals surface area contributed by atoms with E-state index in [9.17, 15) is 37.1 Å². The molecule has 60 heavy (non-hydrogen) atoms. The van der Waals surface area contributed by atoms with Crippen LogP contribution in [0.4, 0.5) is 29.3 Å². The van der Waals surface area contributed by atoms with Crippen molar-refractivity contribution in [1.29, 1.82) is 0 Å². The van der Waals surface area contributed by atoms with Crippen molar-refractivity contribution in [3.8, 4) is 0 Å². The molecule has 3 N–H and O–H groups in total. The van der Waals surface area contributed by atoms with E-state index < -0.39 is 41.5 Å². The lowest BCUT2D eigenvalue weighted by atomic mass is 9.89. The van der Waals surface area contributed by atoms with Crippen molar-refractivity contribution >= 4 is 57.8 Å². The molecule has 3 heterocycles. The van der Waals surface area contributed by atoms with Gasteiger partial charge in [-0.2, -0.15) is 13.2 Å². The van der Waals surface area contributed by atoms with Gasteiger partial charge < -0.3 is 39.8 Å². The summed E-state index contributed by atoms with van der Waals surface area (Å²) in [6.07, 6.45) is -5.79. The highest BCUT2D eigenvalue weighted by Gasteiger charge is 2.37. The van der Waals surface area contributed by atoms with Crippen LogP contribution in [0.25, 0.3) is 10.9 Å². The lowest BCUT2D eigenvalue weighted by molar-refractivity contribution is -0.141. The molecule has 2 saturated heterocycles. The minimum absolute atomic E-state index is 0.0105. The lowest BCUT2D eigenvalue weighted by Crippen LogP contribution is -2.53. The van der Waals surface area contributed by atoms with Crippen LogP contribution >= 0.6 is 11.6 Å². The van der Waals surface area contributed by atoms with Crippen molar-refractivity contribution in [2.45, 2.75) is 57.7 Å². The first-order valence-electron chi connectivity index (χ1n) is 19.9. The maximum atomic E-state index is 14.1. The Morgan fingerprint density at radius 1 is 0.933 bits per heavy atom. The van der Waals surface area contributed by atoms with Gasteiger partial charge in [0.1, 0.15) is 6.61 Å². The number of hydrogen-bond acceptors (Lipinski definition) is 9. The molecule has 6 rings (SSSR count). The number of alkyl halides is 3. The van der Waals surface area contributed by atoms with Crippen LogP contribution in [-0.2, 0) is 31.7 Å². The predicted molar refractivity (Wildman–Crippen MR) is 221 cm³/mol. The fourth-order valence-corrected chi connectivity index (χ4v) is 7.92. The number of para-hydroxylation sites is 1. The Kier molecular flexibility index (Phi) is 13.9. The molecule has 0 spiro atoms. The van der Waals surface area contributed by atoms with E-state index in [0.717, 1.165) is 29.1 Å². The van der Waals surface area contributed by atoms with Crippen LogP contribution in [0.1, 0.15) is 66.1 Å². The van der Waals surface area contributed by atoms with Gasteiger partial charge >= 0.3 is 18.2 Å². The number of esters is 1. The van der Waals surface area contributed by atoms with Gasteiger partial charge in [-0.1, -0.05) is 36.7 Å². The highest BCUT2D eigenvalue weighted by atomic mass is 35.5. The molecule has 0 saturated carbocycles. The number of nitrogens with one attached hydrogen (secondary N) is 1. The number of carbonyl (C=O) groups is 4. The highest BCUT2D eigenvalue weighted by molar-refractivity contribution is 6.33. The van der Waals surface area contributed by atoms with E-state index in [1.807, 2.05) is 42.2 Å². The third kappa shape index (κ3) is 10.5. The zero-order chi connectivity index (χ0) is 43.1. The zero-order valence-corrected chi connectivity index (χ0v) is 34.2. The van der Waals surface area contributed by atoms with E-state index in [-0.39, 0.29) is 67.2 Å². The molecular formula is C43H48ClF3N6O7. The first-order chi connectivity index (χ1) is 28.6. The van der Waals surface area contributed by atoms with Crippen molar-refractivity contribution < 1.29 is 41.8 Å². The van der Waals surface area contributed by atoms with E-state index >= 15 is 0 Å². The average molecular weight is 853 g/mol. The molecule has 13 nitrogen and oxygen atoms in total. The number of pyridine rings is 1. The summed E-state index contributed by atoms with van der Waals surface area (Å²) < 4.78 is 52.9. The van der Waals surface area contributed by atoms with Gasteiger partial charge in [-0.05, 0) is 84.7 Å². The Balaban J connectivity index is 1.10. The second kappa shape index (κ2) is 19.1. The molecule has 0 unspecified atom stereocenters. The molecule has 3 aromatic carbocycles. The number of anilines is 2. The minimum atomic E-state index is -4.82. The molecule has 4 aromatic rings. The summed E-state index contributed by atoms with van der Waals surface area (Å²) in [4.78, 5) is 74.6. The molecule has 3 amide bonds. The summed E-state index contributed by atoms with van der Waals surface area (Å²) in [5.74, 6) is -1.32. The van der Waals surface area contributed by atoms with Gasteiger partial charge in [0, 0.05) is 75.9 Å². The number of amides is 3. The quantitative estimate of drug-likeness (QED) is 0.120. The number of nitrogens with two attached hydrogens (primary N) is 1. The number of piperidine rings is 1. The number of nitrogens with zero attached hydrogens (tertiary/aromatic N) is 4. The fraction of sp³-hybridized carbons (Fsp3) is 0.419. The van der Waals surface area contributed by atoms with E-state index in [2.05, 4.69) is 4.98 Å². The normalized spacial score (nSPS) is 15.5. The number of piperazine rings is 1. The number of fused-ring (bicyclic) bond motifs is 1. The van der Waals surface area contributed by atoms with E-state index in [1.165, 1.54) is 22.8 Å². The topological polar surface area (TPSA) is 159 Å². The molecule has 2 aliphatic heterocycles. The number of ether oxygens (including phenoxy) is 2. The average Bonchev–Trinajstić information content (AvgIpc) is 3.23. The van der Waals surface area contributed by atoms with Crippen LogP contribution in [0, 0.1) is 0 Å². The fourth-order valence-electron chi connectivity index (χ4n) is 7.68. The van der Waals surface area contributed by atoms with Gasteiger partial charge in [0.05, 0.1) is 28.4 Å². The van der Waals surface area contributed by atoms with E-state index in [4.69, 9.17) is 26.8 Å². The van der Waals surface area contributed by atoms with Crippen LogP contribution < -0.4 is 16.2 Å². The van der Waals surface area contributed by atoms with Crippen LogP contribution in [0.15, 0.2) is 71.5 Å². The Morgan fingerprint density at radius 2 is 1.62 bits per heavy atom. The minimum Gasteiger partial charge on any atom is -0.460 e. The lowest BCUT2D eigenvalue weighted by Gasteiger charge is -2.38. The molecule has 320 valence electrons. The molecule has 0 aliphatic carbocycles. The van der Waals surface area contributed by atoms with E-state index in [1.54, 1.807) is 29.2 Å². The van der Waals surface area contributed by atoms with Crippen molar-refractivity contribution in [3.05, 3.63) is 104 Å². The number of aromatic amines is 1. The maximum absolute atomic E-state index is 14.1. The third-order valence-corrected chi connectivity index (χ3v) is 11.3. The highest BCUT2D eigenvalue weighted by Crippen LogP contribution is 2.38. The third-order valence-electron chi connectivity index (χ3n) is 11.0. The number of benzene rings is 3. The van der Waals surface area contributed by atoms with Crippen molar-refractivity contribution in [2.75, 3.05) is 69.6 Å². The molecule has 1 aromatic heterocycles. The number of nitrogen functional groups attached to an aromatic ring is 1. The Hall–Kier alpha value is -5.77. The first-order valence-corrected chi connectivity index (χ1v) is 20.3. The zero-order valence-electron chi connectivity index (χ0n) is 33.4. The second-order valence-electron chi connectivity index (χ2n) is 15.0. The second-order valence-corrected chi connectivity index (χ2v) is 15.4. The Labute approximate surface area is 350 Å². The molecule has 0 radical (unpaired) electrons. The summed E-state index contributed by atoms with van der Waals surface area (Å²) in [7, 11) is 0. The summed E-state index contributed by atoms with van der Waals surface area (Å²) >= 11 is 6.12. The smallest absolute Gasteiger partial charge is 0.418 e. The molecule has 2 fully saturated rings. The number of rotatable bonds is 12. The van der Waals surface area contributed by atoms with Gasteiger partial charge in [0.15, 0.2) is 6.10 Å². The van der Waals surface area contributed by atoms with Gasteiger partial charge in [-0.25, -0.2) is 9.59 Å². The largest absolute Gasteiger partial charge is 0.460 e. The molecule has 1 atom stereocenters. The number of H-pyrrole nitrogens is 1. The summed E-state index contributed by atoms with van der Waals surface area (Å²) in [5, 5.41) is 0.545. The molecule has 0 bridgehead atoms. The number of halogens is 4. The maximum Gasteiger partial charge on any atom is 0.418 e. The molecule has 2 aliphatic rings. The summed E-state index contributed by atoms with van der Waals surface area (Å²) in [6, 6.07) is 18.2. The van der Waals surface area contributed by atoms with Crippen LogP contribution in [-0.4, -0.2) is 109 Å². The van der Waals surface area contributed by atoms with Crippen LogP contribution in [0.3, 0.4) is 0 Å². The number of hydrogen-bond donors (Lipinski definition) is 2. The van der Waals surface area contributed by atoms with Crippen LogP contribution in [0.2, 0.25) is 5.02 Å². The SMILES string of the molecule is CCCN(CCOC(=O)c1ccc(N2CCN(C(=O)[C@@H](Cc3cc(Cl)c(N)c(C(F)(F)F)c3)OC(=O)N3CCC(c4cc5ccccc5[nH]c4=O)CC3)CC2)cc1)C(C)=O. The summed E-state index contributed by atoms with van der Waals surface area (Å²) in [5.41, 5.74) is 6.13. The predicted octanol–water partition coefficient (Wildman–Crippen LogP) is 6.47. The summed E-state index contributed by atoms with van der Waals surface area (Å²) in [6.45, 7) is 6.00. The van der Waals surface area contributed by atoms with Gasteiger partial charge in [0.2, 0.25) is 5.91 Å². The van der Waals surface area contributed by atoms with Gasteiger partial charge in [-0.3, -0.25) is 14.4 Å². The number of aromatic nitrogens is 1. The van der Waals surface area contributed by atoms with Gasteiger partial charge in [0.25, 0.3) is 11.5 Å². The Morgan fingerprint density at radius 3 is 2.27 bits per heavy atom. The van der Waals surface area contributed by atoms with Crippen molar-refractivity contribution in [3.63, 3.8) is 0 Å². The Bertz CT molecular complexity index is 2250.